The van der Waals surface area contributed by atoms with Crippen molar-refractivity contribution in [2.24, 2.45) is 7.05 Å². The van der Waals surface area contributed by atoms with Crippen LogP contribution in [0.25, 0.3) is 0 Å². The number of carboxylic acid groups (broad SMARTS) is 1. The van der Waals surface area contributed by atoms with Gasteiger partial charge >= 0.3 is 5.97 Å². The molecule has 0 spiro atoms. The number of rotatable bonds is 5. The zero-order valence-electron chi connectivity index (χ0n) is 10.9. The summed E-state index contributed by atoms with van der Waals surface area (Å²) in [5, 5.41) is 13.0. The topological polar surface area (TPSA) is 98.5 Å². The third kappa shape index (κ3) is 3.73. The summed E-state index contributed by atoms with van der Waals surface area (Å²) >= 11 is 0. The molecule has 2 aromatic rings. The zero-order valence-corrected chi connectivity index (χ0v) is 12.4. The van der Waals surface area contributed by atoms with Crippen LogP contribution >= 0.6 is 10.7 Å². The number of aromatic carboxylic acids is 1. The van der Waals surface area contributed by atoms with E-state index in [1.807, 2.05) is 0 Å². The molecule has 1 N–H and O–H groups in total. The van der Waals surface area contributed by atoms with Gasteiger partial charge in [-0.2, -0.15) is 5.10 Å². The molecule has 21 heavy (non-hydrogen) atoms. The van der Waals surface area contributed by atoms with E-state index in [1.165, 1.54) is 12.1 Å². The summed E-state index contributed by atoms with van der Waals surface area (Å²) in [6.45, 7) is 0.0344. The molecule has 0 saturated carbocycles. The number of carbonyl (C=O) groups is 1. The molecule has 1 aromatic carbocycles. The van der Waals surface area contributed by atoms with Crippen molar-refractivity contribution in [1.82, 2.24) is 9.78 Å². The van der Waals surface area contributed by atoms with Crippen molar-refractivity contribution in [3.8, 4) is 5.75 Å². The third-order valence-corrected chi connectivity index (χ3v) is 3.94. The van der Waals surface area contributed by atoms with Crippen LogP contribution < -0.4 is 4.74 Å². The molecule has 1 aromatic heterocycles. The summed E-state index contributed by atoms with van der Waals surface area (Å²) < 4.78 is 30.0. The maximum absolute atomic E-state index is 11.5. The smallest absolute Gasteiger partial charge is 0.335 e. The Morgan fingerprint density at radius 2 is 2.14 bits per heavy atom. The van der Waals surface area contributed by atoms with E-state index in [-0.39, 0.29) is 22.8 Å². The van der Waals surface area contributed by atoms with E-state index in [1.54, 1.807) is 24.0 Å². The fourth-order valence-electron chi connectivity index (χ4n) is 1.64. The van der Waals surface area contributed by atoms with E-state index in [2.05, 4.69) is 5.10 Å². The molecule has 0 atom stereocenters. The predicted molar refractivity (Wildman–Crippen MR) is 74.0 cm³/mol. The predicted octanol–water partition coefficient (Wildman–Crippen LogP) is 1.62. The Hall–Kier alpha value is -2.06. The van der Waals surface area contributed by atoms with Crippen LogP contribution in [0.1, 0.15) is 16.1 Å². The average Bonchev–Trinajstić information content (AvgIpc) is 2.81. The van der Waals surface area contributed by atoms with E-state index in [9.17, 15) is 13.2 Å². The largest absolute Gasteiger partial charge is 0.486 e. The Bertz CT molecular complexity index is 785. The Labute approximate surface area is 125 Å². The first-order chi connectivity index (χ1) is 9.77. The number of ether oxygens (including phenoxy) is 1. The molecule has 0 bridgehead atoms. The van der Waals surface area contributed by atoms with Crippen molar-refractivity contribution in [2.75, 3.05) is 0 Å². The van der Waals surface area contributed by atoms with Crippen molar-refractivity contribution in [2.45, 2.75) is 11.5 Å². The van der Waals surface area contributed by atoms with Crippen LogP contribution in [0.2, 0.25) is 0 Å². The summed E-state index contributed by atoms with van der Waals surface area (Å²) in [4.78, 5) is 10.5. The van der Waals surface area contributed by atoms with Gasteiger partial charge in [-0.25, -0.2) is 13.2 Å². The van der Waals surface area contributed by atoms with Gasteiger partial charge in [0.15, 0.2) is 0 Å². The molecule has 112 valence electrons. The van der Waals surface area contributed by atoms with Crippen LogP contribution in [-0.4, -0.2) is 29.3 Å². The lowest BCUT2D eigenvalue weighted by atomic mass is 10.2. The fraction of sp³-hybridized carbons (Fsp3) is 0.167. The standard InChI is InChI=1S/C12H11ClN2O5S/c1-15-5-4-9(14-15)7-20-10-3-2-8(12(16)17)6-11(10)21(13,18)19/h2-6H,7H2,1H3,(H,16,17). The number of hydrogen-bond acceptors (Lipinski definition) is 5. The highest BCUT2D eigenvalue weighted by molar-refractivity contribution is 8.13. The molecular formula is C12H11ClN2O5S. The highest BCUT2D eigenvalue weighted by Gasteiger charge is 2.20. The number of carboxylic acids is 1. The molecular weight excluding hydrogens is 320 g/mol. The lowest BCUT2D eigenvalue weighted by molar-refractivity contribution is 0.0696. The SMILES string of the molecule is Cn1ccc(COc2ccc(C(=O)O)cc2S(=O)(=O)Cl)n1. The van der Waals surface area contributed by atoms with Gasteiger partial charge in [0.1, 0.15) is 17.3 Å². The molecule has 0 aliphatic heterocycles. The number of benzene rings is 1. The van der Waals surface area contributed by atoms with Gasteiger partial charge in [0, 0.05) is 23.9 Å². The molecule has 0 radical (unpaired) electrons. The monoisotopic (exact) mass is 330 g/mol. The highest BCUT2D eigenvalue weighted by Crippen LogP contribution is 2.28. The molecule has 0 amide bonds. The van der Waals surface area contributed by atoms with Gasteiger partial charge in [-0.15, -0.1) is 0 Å². The second kappa shape index (κ2) is 5.74. The number of hydrogen-bond donors (Lipinski definition) is 1. The molecule has 1 heterocycles. The molecule has 0 unspecified atom stereocenters. The minimum Gasteiger partial charge on any atom is -0.486 e. The van der Waals surface area contributed by atoms with E-state index in [0.717, 1.165) is 6.07 Å². The van der Waals surface area contributed by atoms with Gasteiger partial charge in [-0.1, -0.05) is 0 Å². The molecule has 0 fully saturated rings. The second-order valence-electron chi connectivity index (χ2n) is 4.17. The van der Waals surface area contributed by atoms with Crippen LogP contribution in [0.15, 0.2) is 35.4 Å². The minimum absolute atomic E-state index is 0.0272. The van der Waals surface area contributed by atoms with Crippen LogP contribution in [-0.2, 0) is 22.7 Å². The lowest BCUT2D eigenvalue weighted by Crippen LogP contribution is -2.04. The van der Waals surface area contributed by atoms with E-state index in [0.29, 0.717) is 5.69 Å². The number of nitrogens with zero attached hydrogens (tertiary/aromatic N) is 2. The van der Waals surface area contributed by atoms with Gasteiger partial charge < -0.3 is 9.84 Å². The number of halogens is 1. The maximum atomic E-state index is 11.5. The molecule has 0 saturated heterocycles. The molecule has 9 heteroatoms. The Morgan fingerprint density at radius 3 is 2.67 bits per heavy atom. The lowest BCUT2D eigenvalue weighted by Gasteiger charge is -2.09. The van der Waals surface area contributed by atoms with Gasteiger partial charge in [-0.05, 0) is 24.3 Å². The number of aromatic nitrogens is 2. The maximum Gasteiger partial charge on any atom is 0.335 e. The minimum atomic E-state index is -4.13. The van der Waals surface area contributed by atoms with Crippen LogP contribution in [0.5, 0.6) is 5.75 Å². The highest BCUT2D eigenvalue weighted by atomic mass is 35.7. The Kier molecular flexibility index (Phi) is 4.19. The van der Waals surface area contributed by atoms with E-state index in [4.69, 9.17) is 20.5 Å². The molecule has 0 aliphatic carbocycles. The summed E-state index contributed by atoms with van der Waals surface area (Å²) in [6.07, 6.45) is 1.71. The summed E-state index contributed by atoms with van der Waals surface area (Å²) in [6, 6.07) is 5.15. The van der Waals surface area contributed by atoms with Gasteiger partial charge in [-0.3, -0.25) is 4.68 Å². The Balaban J connectivity index is 2.32. The van der Waals surface area contributed by atoms with Crippen molar-refractivity contribution in [1.29, 1.82) is 0 Å². The normalized spacial score (nSPS) is 11.3. The van der Waals surface area contributed by atoms with E-state index < -0.39 is 15.0 Å². The molecule has 2 rings (SSSR count). The zero-order chi connectivity index (χ0) is 15.6. The first-order valence-corrected chi connectivity index (χ1v) is 8.01. The Morgan fingerprint density at radius 1 is 1.43 bits per heavy atom. The summed E-state index contributed by atoms with van der Waals surface area (Å²) in [7, 11) is 2.91. The summed E-state index contributed by atoms with van der Waals surface area (Å²) in [5.41, 5.74) is 0.400. The molecule has 0 aliphatic rings. The van der Waals surface area contributed by atoms with Gasteiger partial charge in [0.05, 0.1) is 11.3 Å². The first-order valence-electron chi connectivity index (χ1n) is 5.70. The van der Waals surface area contributed by atoms with Gasteiger partial charge in [0.2, 0.25) is 0 Å². The quantitative estimate of drug-likeness (QED) is 0.836. The fourth-order valence-corrected chi connectivity index (χ4v) is 2.64. The van der Waals surface area contributed by atoms with Crippen LogP contribution in [0, 0.1) is 0 Å². The van der Waals surface area contributed by atoms with Gasteiger partial charge in [0.25, 0.3) is 9.05 Å². The van der Waals surface area contributed by atoms with Crippen molar-refractivity contribution < 1.29 is 23.1 Å². The molecule has 7 nitrogen and oxygen atoms in total. The van der Waals surface area contributed by atoms with Crippen molar-refractivity contribution in [3.05, 3.63) is 41.7 Å². The van der Waals surface area contributed by atoms with Crippen LogP contribution in [0.3, 0.4) is 0 Å². The van der Waals surface area contributed by atoms with E-state index >= 15 is 0 Å². The average molecular weight is 331 g/mol. The third-order valence-electron chi connectivity index (χ3n) is 2.60. The van der Waals surface area contributed by atoms with Crippen molar-refractivity contribution in [3.63, 3.8) is 0 Å². The first kappa shape index (κ1) is 15.3. The number of aryl methyl sites for hydroxylation is 1. The van der Waals surface area contributed by atoms with Crippen LogP contribution in [0.4, 0.5) is 0 Å². The summed E-state index contributed by atoms with van der Waals surface area (Å²) in [5.74, 6) is -1.28. The van der Waals surface area contributed by atoms with Crippen molar-refractivity contribution >= 4 is 25.7 Å². The second-order valence-corrected chi connectivity index (χ2v) is 6.71.